The topological polar surface area (TPSA) is 90.9 Å². The molecular formula is C15H20N4O2. The number of aromatic nitrogens is 3. The molecule has 2 aromatic rings. The molecule has 0 aliphatic carbocycles. The Morgan fingerprint density at radius 2 is 2.14 bits per heavy atom. The zero-order chi connectivity index (χ0) is 15.4. The van der Waals surface area contributed by atoms with Crippen molar-refractivity contribution in [2.24, 2.45) is 0 Å². The van der Waals surface area contributed by atoms with E-state index in [2.05, 4.69) is 20.5 Å². The van der Waals surface area contributed by atoms with E-state index in [1.54, 1.807) is 18.2 Å². The van der Waals surface area contributed by atoms with Gasteiger partial charge in [-0.2, -0.15) is 5.10 Å². The Hall–Kier alpha value is -2.21. The fourth-order valence-corrected chi connectivity index (χ4v) is 1.92. The van der Waals surface area contributed by atoms with Crippen molar-refractivity contribution in [3.8, 4) is 0 Å². The van der Waals surface area contributed by atoms with Gasteiger partial charge in [0.1, 0.15) is 5.82 Å². The van der Waals surface area contributed by atoms with Crippen LogP contribution < -0.4 is 5.32 Å². The summed E-state index contributed by atoms with van der Waals surface area (Å²) in [5, 5.41) is 19.4. The molecule has 112 valence electrons. The number of aromatic carboxylic acids is 1. The highest BCUT2D eigenvalue weighted by Gasteiger charge is 2.12. The van der Waals surface area contributed by atoms with Gasteiger partial charge in [0, 0.05) is 12.5 Å². The van der Waals surface area contributed by atoms with Crippen molar-refractivity contribution < 1.29 is 9.90 Å². The van der Waals surface area contributed by atoms with E-state index in [4.69, 9.17) is 5.11 Å². The van der Waals surface area contributed by atoms with E-state index < -0.39 is 5.97 Å². The molecule has 2 rings (SSSR count). The van der Waals surface area contributed by atoms with Gasteiger partial charge in [-0.15, -0.1) is 0 Å². The molecule has 6 heteroatoms. The Kier molecular flexibility index (Phi) is 4.70. The Balaban J connectivity index is 1.98. The van der Waals surface area contributed by atoms with E-state index >= 15 is 0 Å². The van der Waals surface area contributed by atoms with Crippen LogP contribution in [0.2, 0.25) is 0 Å². The predicted molar refractivity (Wildman–Crippen MR) is 79.1 cm³/mol. The van der Waals surface area contributed by atoms with Crippen LogP contribution >= 0.6 is 0 Å². The van der Waals surface area contributed by atoms with Crippen LogP contribution in [0, 0.1) is 0 Å². The largest absolute Gasteiger partial charge is 0.478 e. The van der Waals surface area contributed by atoms with Crippen LogP contribution in [-0.4, -0.2) is 26.3 Å². The minimum atomic E-state index is -0.915. The highest BCUT2D eigenvalue weighted by atomic mass is 16.4. The van der Waals surface area contributed by atoms with E-state index in [0.29, 0.717) is 12.1 Å². The van der Waals surface area contributed by atoms with Crippen molar-refractivity contribution >= 4 is 5.97 Å². The maximum Gasteiger partial charge on any atom is 0.335 e. The molecule has 21 heavy (non-hydrogen) atoms. The number of carboxylic acid groups (broad SMARTS) is 1. The first-order chi connectivity index (χ1) is 9.97. The number of carbonyl (C=O) groups is 1. The number of carboxylic acids is 1. The first-order valence-corrected chi connectivity index (χ1v) is 6.95. The predicted octanol–water partition coefficient (Wildman–Crippen LogP) is 2.48. The molecule has 0 saturated carbocycles. The molecule has 3 N–H and O–H groups in total. The van der Waals surface area contributed by atoms with Crippen molar-refractivity contribution in [2.75, 3.05) is 0 Å². The third kappa shape index (κ3) is 3.88. The Morgan fingerprint density at radius 1 is 1.38 bits per heavy atom. The molecule has 1 aromatic heterocycles. The SMILES string of the molecule is CC(C)c1n[nH]c(C(C)NCc2cccc(C(=O)O)c2)n1. The number of nitrogens with zero attached hydrogens (tertiary/aromatic N) is 2. The summed E-state index contributed by atoms with van der Waals surface area (Å²) in [5.41, 5.74) is 1.22. The zero-order valence-electron chi connectivity index (χ0n) is 12.4. The molecule has 1 unspecified atom stereocenters. The minimum Gasteiger partial charge on any atom is -0.478 e. The van der Waals surface area contributed by atoms with Crippen LogP contribution in [-0.2, 0) is 6.54 Å². The fraction of sp³-hybridized carbons (Fsp3) is 0.400. The van der Waals surface area contributed by atoms with Gasteiger partial charge >= 0.3 is 5.97 Å². The van der Waals surface area contributed by atoms with Crippen molar-refractivity contribution in [1.29, 1.82) is 0 Å². The molecule has 1 aromatic carbocycles. The molecule has 0 bridgehead atoms. The van der Waals surface area contributed by atoms with Crippen molar-refractivity contribution in [2.45, 2.75) is 39.3 Å². The molecule has 1 atom stereocenters. The third-order valence-corrected chi connectivity index (χ3v) is 3.23. The quantitative estimate of drug-likeness (QED) is 0.759. The second-order valence-electron chi connectivity index (χ2n) is 5.34. The number of hydrogen-bond donors (Lipinski definition) is 3. The number of benzene rings is 1. The van der Waals surface area contributed by atoms with Crippen molar-refractivity contribution in [3.05, 3.63) is 47.0 Å². The number of H-pyrrole nitrogens is 1. The van der Waals surface area contributed by atoms with Crippen LogP contribution in [0.3, 0.4) is 0 Å². The van der Waals surface area contributed by atoms with Crippen LogP contribution in [0.4, 0.5) is 0 Å². The Morgan fingerprint density at radius 3 is 2.76 bits per heavy atom. The highest BCUT2D eigenvalue weighted by molar-refractivity contribution is 5.87. The lowest BCUT2D eigenvalue weighted by molar-refractivity contribution is 0.0696. The Bertz CT molecular complexity index is 622. The normalized spacial score (nSPS) is 12.6. The number of nitrogens with one attached hydrogen (secondary N) is 2. The van der Waals surface area contributed by atoms with E-state index in [0.717, 1.165) is 17.2 Å². The lowest BCUT2D eigenvalue weighted by atomic mass is 10.1. The lowest BCUT2D eigenvalue weighted by Gasteiger charge is -2.11. The van der Waals surface area contributed by atoms with Gasteiger partial charge in [-0.3, -0.25) is 5.10 Å². The van der Waals surface area contributed by atoms with Gasteiger partial charge in [0.15, 0.2) is 5.82 Å². The third-order valence-electron chi connectivity index (χ3n) is 3.23. The van der Waals surface area contributed by atoms with E-state index in [-0.39, 0.29) is 12.0 Å². The summed E-state index contributed by atoms with van der Waals surface area (Å²) >= 11 is 0. The molecule has 0 spiro atoms. The van der Waals surface area contributed by atoms with Gasteiger partial charge in [-0.25, -0.2) is 9.78 Å². The molecule has 0 fully saturated rings. The molecular weight excluding hydrogens is 268 g/mol. The van der Waals surface area contributed by atoms with Crippen LogP contribution in [0.25, 0.3) is 0 Å². The van der Waals surface area contributed by atoms with Crippen LogP contribution in [0.1, 0.15) is 60.3 Å². The molecule has 6 nitrogen and oxygen atoms in total. The smallest absolute Gasteiger partial charge is 0.335 e. The van der Waals surface area contributed by atoms with E-state index in [1.165, 1.54) is 0 Å². The average molecular weight is 288 g/mol. The fourth-order valence-electron chi connectivity index (χ4n) is 1.92. The van der Waals surface area contributed by atoms with Gasteiger partial charge in [-0.05, 0) is 24.6 Å². The average Bonchev–Trinajstić information content (AvgIpc) is 2.95. The van der Waals surface area contributed by atoms with Gasteiger partial charge in [0.2, 0.25) is 0 Å². The van der Waals surface area contributed by atoms with Gasteiger partial charge in [0.25, 0.3) is 0 Å². The van der Waals surface area contributed by atoms with Gasteiger partial charge in [-0.1, -0.05) is 26.0 Å². The number of hydrogen-bond acceptors (Lipinski definition) is 4. The summed E-state index contributed by atoms with van der Waals surface area (Å²) in [6.07, 6.45) is 0. The molecule has 0 aliphatic heterocycles. The first-order valence-electron chi connectivity index (χ1n) is 6.95. The maximum absolute atomic E-state index is 10.9. The summed E-state index contributed by atoms with van der Waals surface area (Å²) in [6.45, 7) is 6.65. The minimum absolute atomic E-state index is 0.0125. The van der Waals surface area contributed by atoms with Gasteiger partial charge < -0.3 is 10.4 Å². The summed E-state index contributed by atoms with van der Waals surface area (Å²) in [7, 11) is 0. The van der Waals surface area contributed by atoms with Crippen LogP contribution in [0.5, 0.6) is 0 Å². The molecule has 0 radical (unpaired) electrons. The monoisotopic (exact) mass is 288 g/mol. The summed E-state index contributed by atoms with van der Waals surface area (Å²) < 4.78 is 0. The molecule has 0 aliphatic rings. The summed E-state index contributed by atoms with van der Waals surface area (Å²) in [5.74, 6) is 0.954. The second kappa shape index (κ2) is 6.49. The molecule has 0 amide bonds. The number of rotatable bonds is 6. The Labute approximate surface area is 123 Å². The molecule has 0 saturated heterocycles. The van der Waals surface area contributed by atoms with Gasteiger partial charge in [0.05, 0.1) is 11.6 Å². The molecule has 1 heterocycles. The van der Waals surface area contributed by atoms with Crippen molar-refractivity contribution in [1.82, 2.24) is 20.5 Å². The zero-order valence-corrected chi connectivity index (χ0v) is 12.4. The van der Waals surface area contributed by atoms with E-state index in [1.807, 2.05) is 26.8 Å². The second-order valence-corrected chi connectivity index (χ2v) is 5.34. The summed E-state index contributed by atoms with van der Waals surface area (Å²) in [6, 6.07) is 6.91. The number of aromatic amines is 1. The highest BCUT2D eigenvalue weighted by Crippen LogP contribution is 2.13. The lowest BCUT2D eigenvalue weighted by Crippen LogP contribution is -2.19. The summed E-state index contributed by atoms with van der Waals surface area (Å²) in [4.78, 5) is 15.4. The van der Waals surface area contributed by atoms with E-state index in [9.17, 15) is 4.79 Å². The first kappa shape index (κ1) is 15.2. The maximum atomic E-state index is 10.9. The van der Waals surface area contributed by atoms with Crippen molar-refractivity contribution in [3.63, 3.8) is 0 Å². The van der Waals surface area contributed by atoms with Crippen LogP contribution in [0.15, 0.2) is 24.3 Å². The standard InChI is InChI=1S/C15H20N4O2/c1-9(2)13-17-14(19-18-13)10(3)16-8-11-5-4-6-12(7-11)15(20)21/h4-7,9-10,16H,8H2,1-3H3,(H,20,21)(H,17,18,19).